The van der Waals surface area contributed by atoms with Gasteiger partial charge in [0, 0.05) is 19.6 Å². The molecule has 1 aliphatic rings. The van der Waals surface area contributed by atoms with Gasteiger partial charge in [-0.25, -0.2) is 4.99 Å². The van der Waals surface area contributed by atoms with Gasteiger partial charge in [-0.3, -0.25) is 4.90 Å². The zero-order chi connectivity index (χ0) is 14.7. The summed E-state index contributed by atoms with van der Waals surface area (Å²) in [6, 6.07) is 16.8. The molecule has 108 valence electrons. The highest BCUT2D eigenvalue weighted by Gasteiger charge is 2.19. The molecule has 0 spiro atoms. The first-order valence-electron chi connectivity index (χ1n) is 7.01. The van der Waals surface area contributed by atoms with E-state index in [1.165, 1.54) is 16.7 Å². The largest absolute Gasteiger partial charge is 0.386 e. The van der Waals surface area contributed by atoms with Crippen molar-refractivity contribution in [2.24, 2.45) is 10.7 Å². The van der Waals surface area contributed by atoms with Gasteiger partial charge in [-0.05, 0) is 28.8 Å². The molecule has 2 N–H and O–H groups in total. The van der Waals surface area contributed by atoms with Crippen molar-refractivity contribution in [1.82, 2.24) is 4.90 Å². The van der Waals surface area contributed by atoms with Gasteiger partial charge >= 0.3 is 0 Å². The molecule has 0 atom stereocenters. The summed E-state index contributed by atoms with van der Waals surface area (Å²) < 4.78 is 0. The molecule has 0 aromatic heterocycles. The van der Waals surface area contributed by atoms with Gasteiger partial charge in [0.15, 0.2) is 0 Å². The molecule has 2 aromatic rings. The predicted octanol–water partition coefficient (Wildman–Crippen LogP) is 3.43. The summed E-state index contributed by atoms with van der Waals surface area (Å²) in [6.45, 7) is 2.91. The van der Waals surface area contributed by atoms with Gasteiger partial charge in [-0.2, -0.15) is 0 Å². The number of amidine groups is 1. The van der Waals surface area contributed by atoms with Crippen LogP contribution in [0.5, 0.6) is 0 Å². The minimum atomic E-state index is 0.261. The lowest BCUT2D eigenvalue weighted by molar-refractivity contribution is 0.275. The van der Waals surface area contributed by atoms with Crippen LogP contribution in [0.15, 0.2) is 53.5 Å². The highest BCUT2D eigenvalue weighted by atomic mass is 35.5. The average molecular weight is 300 g/mol. The molecular weight excluding hydrogens is 282 g/mol. The van der Waals surface area contributed by atoms with Crippen molar-refractivity contribution in [2.45, 2.75) is 19.6 Å². The molecule has 2 aromatic carbocycles. The molecule has 0 amide bonds. The lowest BCUT2D eigenvalue weighted by atomic mass is 10.1. The first kappa shape index (κ1) is 14.1. The average Bonchev–Trinajstić information content (AvgIpc) is 2.89. The Morgan fingerprint density at radius 3 is 2.62 bits per heavy atom. The fraction of sp³-hybridized carbons (Fsp3) is 0.235. The van der Waals surface area contributed by atoms with Crippen molar-refractivity contribution in [3.8, 4) is 0 Å². The Balaban J connectivity index is 1.72. The summed E-state index contributed by atoms with van der Waals surface area (Å²) in [6.07, 6.45) is 0. The number of alkyl halides is 1. The number of rotatable bonds is 4. The number of nitrogens with zero attached hydrogens (tertiary/aromatic N) is 2. The van der Waals surface area contributed by atoms with Gasteiger partial charge in [0.05, 0.1) is 11.6 Å². The number of aliphatic imine (C=N–C) groups is 1. The van der Waals surface area contributed by atoms with Crippen molar-refractivity contribution >= 4 is 23.1 Å². The van der Waals surface area contributed by atoms with Gasteiger partial charge in [-0.15, -0.1) is 11.6 Å². The lowest BCUT2D eigenvalue weighted by Crippen LogP contribution is -2.15. The number of halogens is 1. The van der Waals surface area contributed by atoms with Crippen LogP contribution in [-0.2, 0) is 19.6 Å². The number of benzene rings is 2. The molecule has 0 aliphatic carbocycles. The minimum Gasteiger partial charge on any atom is -0.386 e. The number of hydrogen-bond acceptors (Lipinski definition) is 2. The third-order valence-corrected chi connectivity index (χ3v) is 3.91. The highest BCUT2D eigenvalue weighted by molar-refractivity contribution is 6.28. The first-order chi connectivity index (χ1) is 10.2. The van der Waals surface area contributed by atoms with Crippen molar-refractivity contribution in [3.05, 3.63) is 65.2 Å². The van der Waals surface area contributed by atoms with E-state index in [2.05, 4.69) is 46.3 Å². The van der Waals surface area contributed by atoms with E-state index in [4.69, 9.17) is 17.3 Å². The van der Waals surface area contributed by atoms with Crippen LogP contribution in [0.1, 0.15) is 16.7 Å². The van der Waals surface area contributed by atoms with Crippen LogP contribution in [0.3, 0.4) is 0 Å². The normalized spacial score (nSPS) is 15.2. The SMILES string of the molecule is NC(CCl)=Nc1ccc2c(c1)CN(Cc1ccccc1)C2. The summed E-state index contributed by atoms with van der Waals surface area (Å²) in [7, 11) is 0. The molecule has 1 heterocycles. The third-order valence-electron chi connectivity index (χ3n) is 3.64. The molecule has 0 saturated carbocycles. The van der Waals surface area contributed by atoms with E-state index < -0.39 is 0 Å². The van der Waals surface area contributed by atoms with Gasteiger partial charge in [0.2, 0.25) is 0 Å². The molecule has 0 fully saturated rings. The van der Waals surface area contributed by atoms with Crippen LogP contribution in [0, 0.1) is 0 Å². The molecule has 0 radical (unpaired) electrons. The fourth-order valence-electron chi connectivity index (χ4n) is 2.67. The molecule has 0 saturated heterocycles. The maximum Gasteiger partial charge on any atom is 0.115 e. The number of fused-ring (bicyclic) bond motifs is 1. The van der Waals surface area contributed by atoms with E-state index in [9.17, 15) is 0 Å². The van der Waals surface area contributed by atoms with E-state index in [1.807, 2.05) is 12.1 Å². The van der Waals surface area contributed by atoms with Gasteiger partial charge in [0.1, 0.15) is 5.84 Å². The van der Waals surface area contributed by atoms with E-state index >= 15 is 0 Å². The van der Waals surface area contributed by atoms with E-state index in [1.54, 1.807) is 0 Å². The second-order valence-corrected chi connectivity index (χ2v) is 5.59. The molecule has 3 nitrogen and oxygen atoms in total. The van der Waals surface area contributed by atoms with Crippen LogP contribution >= 0.6 is 11.6 Å². The molecular formula is C17H18ClN3. The van der Waals surface area contributed by atoms with Gasteiger partial charge in [0.25, 0.3) is 0 Å². The Morgan fingerprint density at radius 2 is 1.86 bits per heavy atom. The van der Waals surface area contributed by atoms with Crippen LogP contribution in [0.25, 0.3) is 0 Å². The molecule has 21 heavy (non-hydrogen) atoms. The van der Waals surface area contributed by atoms with Crippen molar-refractivity contribution in [2.75, 3.05) is 5.88 Å². The van der Waals surface area contributed by atoms with Crippen molar-refractivity contribution < 1.29 is 0 Å². The van der Waals surface area contributed by atoms with Crippen LogP contribution in [0.4, 0.5) is 5.69 Å². The van der Waals surface area contributed by atoms with E-state index in [-0.39, 0.29) is 5.88 Å². The standard InChI is InChI=1S/C17H18ClN3/c18-9-17(19)20-16-7-6-14-11-21(12-15(14)8-16)10-13-4-2-1-3-5-13/h1-8H,9-12H2,(H2,19,20). The second kappa shape index (κ2) is 6.29. The van der Waals surface area contributed by atoms with E-state index in [0.29, 0.717) is 5.84 Å². The van der Waals surface area contributed by atoms with Gasteiger partial charge in [-0.1, -0.05) is 36.4 Å². The summed E-state index contributed by atoms with van der Waals surface area (Å²) in [5.41, 5.74) is 10.6. The highest BCUT2D eigenvalue weighted by Crippen LogP contribution is 2.28. The lowest BCUT2D eigenvalue weighted by Gasteiger charge is -2.14. The third kappa shape index (κ3) is 3.43. The van der Waals surface area contributed by atoms with Crippen LogP contribution < -0.4 is 5.73 Å². The Morgan fingerprint density at radius 1 is 1.10 bits per heavy atom. The van der Waals surface area contributed by atoms with Gasteiger partial charge < -0.3 is 5.73 Å². The summed E-state index contributed by atoms with van der Waals surface area (Å²) >= 11 is 5.67. The quantitative estimate of drug-likeness (QED) is 0.534. The zero-order valence-electron chi connectivity index (χ0n) is 11.8. The van der Waals surface area contributed by atoms with Crippen molar-refractivity contribution in [3.63, 3.8) is 0 Å². The first-order valence-corrected chi connectivity index (χ1v) is 7.55. The van der Waals surface area contributed by atoms with E-state index in [0.717, 1.165) is 25.3 Å². The molecule has 4 heteroatoms. The molecule has 0 bridgehead atoms. The van der Waals surface area contributed by atoms with Crippen LogP contribution in [-0.4, -0.2) is 16.6 Å². The monoisotopic (exact) mass is 299 g/mol. The number of nitrogens with two attached hydrogens (primary N) is 1. The molecule has 1 aliphatic heterocycles. The second-order valence-electron chi connectivity index (χ2n) is 5.32. The minimum absolute atomic E-state index is 0.261. The topological polar surface area (TPSA) is 41.6 Å². The summed E-state index contributed by atoms with van der Waals surface area (Å²) in [4.78, 5) is 6.74. The zero-order valence-corrected chi connectivity index (χ0v) is 12.6. The summed E-state index contributed by atoms with van der Waals surface area (Å²) in [5.74, 6) is 0.716. The van der Waals surface area contributed by atoms with Crippen LogP contribution in [0.2, 0.25) is 0 Å². The Labute approximate surface area is 130 Å². The molecule has 0 unspecified atom stereocenters. The predicted molar refractivity (Wildman–Crippen MR) is 87.8 cm³/mol. The smallest absolute Gasteiger partial charge is 0.115 e. The number of hydrogen-bond donors (Lipinski definition) is 1. The molecule has 3 rings (SSSR count). The Kier molecular flexibility index (Phi) is 4.23. The van der Waals surface area contributed by atoms with Crippen molar-refractivity contribution in [1.29, 1.82) is 0 Å². The Hall–Kier alpha value is -1.84. The maximum atomic E-state index is 5.69. The maximum absolute atomic E-state index is 5.69. The Bertz CT molecular complexity index is 652. The fourth-order valence-corrected chi connectivity index (χ4v) is 2.73. The summed E-state index contributed by atoms with van der Waals surface area (Å²) in [5, 5.41) is 0.